The van der Waals surface area contributed by atoms with Gasteiger partial charge in [0.05, 0.1) is 6.07 Å². The number of nitrogens with zero attached hydrogens (tertiary/aromatic N) is 2. The van der Waals surface area contributed by atoms with E-state index in [9.17, 15) is 13.6 Å². The Bertz CT molecular complexity index is 496. The van der Waals surface area contributed by atoms with E-state index >= 15 is 0 Å². The minimum absolute atomic E-state index is 0.0750. The van der Waals surface area contributed by atoms with E-state index < -0.39 is 23.6 Å². The van der Waals surface area contributed by atoms with Gasteiger partial charge in [0.25, 0.3) is 5.91 Å². The van der Waals surface area contributed by atoms with Gasteiger partial charge in [0.15, 0.2) is 11.6 Å². The smallest absolute Gasteiger partial charge is 0.255 e. The van der Waals surface area contributed by atoms with Crippen LogP contribution in [0.4, 0.5) is 8.78 Å². The van der Waals surface area contributed by atoms with Gasteiger partial charge in [0.1, 0.15) is 6.04 Å². The molecule has 0 bridgehead atoms. The van der Waals surface area contributed by atoms with Crippen molar-refractivity contribution in [2.24, 2.45) is 0 Å². The summed E-state index contributed by atoms with van der Waals surface area (Å²) in [6.45, 7) is 0.482. The van der Waals surface area contributed by atoms with Gasteiger partial charge in [-0.2, -0.15) is 5.26 Å². The third-order valence-electron chi connectivity index (χ3n) is 2.83. The Kier molecular flexibility index (Phi) is 3.05. The van der Waals surface area contributed by atoms with E-state index in [0.29, 0.717) is 13.0 Å². The summed E-state index contributed by atoms with van der Waals surface area (Å²) < 4.78 is 25.7. The Labute approximate surface area is 97.3 Å². The van der Waals surface area contributed by atoms with Crippen LogP contribution in [0.2, 0.25) is 0 Å². The van der Waals surface area contributed by atoms with Gasteiger partial charge in [-0.1, -0.05) is 0 Å². The predicted molar refractivity (Wildman–Crippen MR) is 56.0 cm³/mol. The zero-order chi connectivity index (χ0) is 12.4. The first-order chi connectivity index (χ1) is 8.13. The summed E-state index contributed by atoms with van der Waals surface area (Å²) in [6, 6.07) is 4.58. The number of carbonyl (C=O) groups excluding carboxylic acids is 1. The average Bonchev–Trinajstić information content (AvgIpc) is 2.80. The standard InChI is InChI=1S/C12H10F2N2O/c13-10-4-3-8(6-11(10)14)12(17)16-5-1-2-9(16)7-15/h3-4,6,9H,1-2,5H2. The Morgan fingerprint density at radius 1 is 1.41 bits per heavy atom. The Morgan fingerprint density at radius 2 is 2.18 bits per heavy atom. The molecular weight excluding hydrogens is 226 g/mol. The van der Waals surface area contributed by atoms with Crippen LogP contribution < -0.4 is 0 Å². The number of benzene rings is 1. The second-order valence-corrected chi connectivity index (χ2v) is 3.91. The van der Waals surface area contributed by atoms with Crippen LogP contribution in [0, 0.1) is 23.0 Å². The van der Waals surface area contributed by atoms with E-state index in [1.807, 2.05) is 6.07 Å². The van der Waals surface area contributed by atoms with Gasteiger partial charge in [-0.15, -0.1) is 0 Å². The summed E-state index contributed by atoms with van der Waals surface area (Å²) in [6.07, 6.45) is 1.39. The zero-order valence-corrected chi connectivity index (χ0v) is 8.99. The molecule has 1 aromatic rings. The number of carbonyl (C=O) groups is 1. The molecule has 17 heavy (non-hydrogen) atoms. The van der Waals surface area contributed by atoms with Gasteiger partial charge < -0.3 is 4.90 Å². The molecule has 88 valence electrons. The van der Waals surface area contributed by atoms with Gasteiger partial charge in [0.2, 0.25) is 0 Å². The molecule has 0 radical (unpaired) electrons. The first-order valence-corrected chi connectivity index (χ1v) is 5.29. The number of nitriles is 1. The number of halogens is 2. The lowest BCUT2D eigenvalue weighted by atomic mass is 10.1. The molecule has 5 heteroatoms. The quantitative estimate of drug-likeness (QED) is 0.749. The number of hydrogen-bond acceptors (Lipinski definition) is 2. The lowest BCUT2D eigenvalue weighted by Crippen LogP contribution is -2.34. The minimum atomic E-state index is -1.05. The van der Waals surface area contributed by atoms with Crippen LogP contribution >= 0.6 is 0 Å². The molecule has 2 rings (SSSR count). The van der Waals surface area contributed by atoms with Crippen molar-refractivity contribution in [2.75, 3.05) is 6.54 Å². The molecule has 3 nitrogen and oxygen atoms in total. The van der Waals surface area contributed by atoms with Crippen molar-refractivity contribution in [1.29, 1.82) is 5.26 Å². The monoisotopic (exact) mass is 236 g/mol. The molecule has 0 saturated carbocycles. The molecule has 0 N–H and O–H groups in total. The Morgan fingerprint density at radius 3 is 2.82 bits per heavy atom. The van der Waals surface area contributed by atoms with Gasteiger partial charge in [-0.25, -0.2) is 8.78 Å². The van der Waals surface area contributed by atoms with E-state index in [2.05, 4.69) is 0 Å². The lowest BCUT2D eigenvalue weighted by molar-refractivity contribution is 0.0764. The number of hydrogen-bond donors (Lipinski definition) is 0. The van der Waals surface area contributed by atoms with Crippen molar-refractivity contribution in [2.45, 2.75) is 18.9 Å². The Balaban J connectivity index is 2.25. The van der Waals surface area contributed by atoms with Gasteiger partial charge in [0, 0.05) is 12.1 Å². The largest absolute Gasteiger partial charge is 0.323 e. The van der Waals surface area contributed by atoms with Crippen LogP contribution in [0.1, 0.15) is 23.2 Å². The first kappa shape index (κ1) is 11.5. The van der Waals surface area contributed by atoms with Gasteiger partial charge in [-0.05, 0) is 31.0 Å². The number of amides is 1. The molecule has 1 aromatic carbocycles. The Hall–Kier alpha value is -1.96. The van der Waals surface area contributed by atoms with Gasteiger partial charge >= 0.3 is 0 Å². The molecule has 1 aliphatic heterocycles. The molecule has 1 aliphatic rings. The fourth-order valence-electron chi connectivity index (χ4n) is 1.94. The molecule has 1 atom stereocenters. The van der Waals surface area contributed by atoms with E-state index in [4.69, 9.17) is 5.26 Å². The summed E-state index contributed by atoms with van der Waals surface area (Å²) in [7, 11) is 0. The average molecular weight is 236 g/mol. The van der Waals surface area contributed by atoms with Crippen LogP contribution in [0.15, 0.2) is 18.2 Å². The number of rotatable bonds is 1. The molecule has 1 amide bonds. The molecule has 0 spiro atoms. The summed E-state index contributed by atoms with van der Waals surface area (Å²) in [5.74, 6) is -2.46. The summed E-state index contributed by atoms with van der Waals surface area (Å²) in [5.41, 5.74) is 0.0750. The molecule has 1 heterocycles. The lowest BCUT2D eigenvalue weighted by Gasteiger charge is -2.19. The van der Waals surface area contributed by atoms with E-state index in [0.717, 1.165) is 18.6 Å². The SMILES string of the molecule is N#CC1CCCN1C(=O)c1ccc(F)c(F)c1. The fourth-order valence-corrected chi connectivity index (χ4v) is 1.94. The number of likely N-dealkylation sites (tertiary alicyclic amines) is 1. The van der Waals surface area contributed by atoms with Crippen LogP contribution in [0.5, 0.6) is 0 Å². The summed E-state index contributed by atoms with van der Waals surface area (Å²) in [4.78, 5) is 13.4. The molecule has 1 fully saturated rings. The maximum absolute atomic E-state index is 13.0. The second-order valence-electron chi connectivity index (χ2n) is 3.91. The minimum Gasteiger partial charge on any atom is -0.323 e. The van der Waals surface area contributed by atoms with Crippen molar-refractivity contribution in [1.82, 2.24) is 4.90 Å². The topological polar surface area (TPSA) is 44.1 Å². The highest BCUT2D eigenvalue weighted by molar-refractivity contribution is 5.94. The van der Waals surface area contributed by atoms with E-state index in [-0.39, 0.29) is 5.56 Å². The van der Waals surface area contributed by atoms with Crippen LogP contribution in [-0.4, -0.2) is 23.4 Å². The van der Waals surface area contributed by atoms with Crippen molar-refractivity contribution < 1.29 is 13.6 Å². The third kappa shape index (κ3) is 2.11. The summed E-state index contributed by atoms with van der Waals surface area (Å²) >= 11 is 0. The molecule has 1 unspecified atom stereocenters. The molecule has 0 aliphatic carbocycles. The highest BCUT2D eigenvalue weighted by atomic mass is 19.2. The molecule has 1 saturated heterocycles. The van der Waals surface area contributed by atoms with Crippen molar-refractivity contribution >= 4 is 5.91 Å². The zero-order valence-electron chi connectivity index (χ0n) is 8.99. The van der Waals surface area contributed by atoms with Crippen LogP contribution in [-0.2, 0) is 0 Å². The van der Waals surface area contributed by atoms with Gasteiger partial charge in [-0.3, -0.25) is 4.79 Å². The van der Waals surface area contributed by atoms with Crippen LogP contribution in [0.3, 0.4) is 0 Å². The summed E-state index contributed by atoms with van der Waals surface area (Å²) in [5, 5.41) is 8.85. The van der Waals surface area contributed by atoms with Crippen molar-refractivity contribution in [3.8, 4) is 6.07 Å². The first-order valence-electron chi connectivity index (χ1n) is 5.29. The van der Waals surface area contributed by atoms with Crippen LogP contribution in [0.25, 0.3) is 0 Å². The predicted octanol–water partition coefficient (Wildman–Crippen LogP) is 2.09. The maximum Gasteiger partial charge on any atom is 0.255 e. The third-order valence-corrected chi connectivity index (χ3v) is 2.83. The van der Waals surface area contributed by atoms with Crippen molar-refractivity contribution in [3.05, 3.63) is 35.4 Å². The highest BCUT2D eigenvalue weighted by Crippen LogP contribution is 2.20. The maximum atomic E-state index is 13.0. The normalized spacial score (nSPS) is 19.1. The van der Waals surface area contributed by atoms with E-state index in [1.165, 1.54) is 11.0 Å². The fraction of sp³-hybridized carbons (Fsp3) is 0.333. The van der Waals surface area contributed by atoms with Crippen molar-refractivity contribution in [3.63, 3.8) is 0 Å². The highest BCUT2D eigenvalue weighted by Gasteiger charge is 2.29. The molecular formula is C12H10F2N2O. The second kappa shape index (κ2) is 4.50. The van der Waals surface area contributed by atoms with E-state index in [1.54, 1.807) is 0 Å². The molecule has 0 aromatic heterocycles.